The molecule has 3 amide bonds. The molecule has 1 heterocycles. The molecular formula is C12H18N2O4. The van der Waals surface area contributed by atoms with Crippen molar-refractivity contribution in [3.63, 3.8) is 0 Å². The zero-order valence-corrected chi connectivity index (χ0v) is 10.7. The van der Waals surface area contributed by atoms with Crippen molar-refractivity contribution in [2.75, 3.05) is 13.7 Å². The number of carbonyl (C=O) groups is 3. The number of rotatable bonds is 6. The molecule has 1 aliphatic heterocycles. The largest absolute Gasteiger partial charge is 0.466 e. The van der Waals surface area contributed by atoms with Crippen LogP contribution in [-0.4, -0.2) is 42.5 Å². The lowest BCUT2D eigenvalue weighted by Crippen LogP contribution is -2.36. The monoisotopic (exact) mass is 254 g/mol. The zero-order chi connectivity index (χ0) is 13.7. The Balaban J connectivity index is 2.70. The van der Waals surface area contributed by atoms with Gasteiger partial charge in [-0.1, -0.05) is 19.9 Å². The highest BCUT2D eigenvalue weighted by Crippen LogP contribution is 2.17. The molecule has 1 atom stereocenters. The maximum Gasteiger partial charge on any atom is 0.333 e. The normalized spacial score (nSPS) is 18.8. The third kappa shape index (κ3) is 3.09. The van der Waals surface area contributed by atoms with Gasteiger partial charge in [0.15, 0.2) is 0 Å². The molecule has 0 aromatic rings. The molecule has 0 saturated carbocycles. The molecule has 1 aliphatic rings. The molecule has 1 N–H and O–H groups in total. The van der Waals surface area contributed by atoms with Gasteiger partial charge in [0.05, 0.1) is 7.11 Å². The Bertz CT molecular complexity index is 378. The zero-order valence-electron chi connectivity index (χ0n) is 10.7. The fourth-order valence-electron chi connectivity index (χ4n) is 1.79. The maximum absolute atomic E-state index is 11.6. The SMILES string of the molecule is C=C(CC1C(=O)NC(=O)N1CCCC)C(=O)OC. The van der Waals surface area contributed by atoms with E-state index in [1.807, 2.05) is 6.92 Å². The van der Waals surface area contributed by atoms with E-state index >= 15 is 0 Å². The number of esters is 1. The summed E-state index contributed by atoms with van der Waals surface area (Å²) in [6.45, 7) is 6.06. The standard InChI is InChI=1S/C12H18N2O4/c1-4-5-6-14-9(10(15)13-12(14)17)7-8(2)11(16)18-3/h9H,2,4-7H2,1,3H3,(H,13,15,17). The predicted molar refractivity (Wildman–Crippen MR) is 64.7 cm³/mol. The number of amides is 3. The number of nitrogens with one attached hydrogen (secondary N) is 1. The lowest BCUT2D eigenvalue weighted by Gasteiger charge is -2.21. The molecule has 6 nitrogen and oxygen atoms in total. The molecule has 0 radical (unpaired) electrons. The van der Waals surface area contributed by atoms with Gasteiger partial charge in [0, 0.05) is 18.5 Å². The maximum atomic E-state index is 11.6. The molecule has 1 saturated heterocycles. The van der Waals surface area contributed by atoms with Gasteiger partial charge in [0.1, 0.15) is 6.04 Å². The minimum Gasteiger partial charge on any atom is -0.466 e. The summed E-state index contributed by atoms with van der Waals surface area (Å²) in [7, 11) is 1.25. The van der Waals surface area contributed by atoms with Gasteiger partial charge in [-0.25, -0.2) is 9.59 Å². The van der Waals surface area contributed by atoms with Crippen LogP contribution in [-0.2, 0) is 14.3 Å². The van der Waals surface area contributed by atoms with Gasteiger partial charge >= 0.3 is 12.0 Å². The van der Waals surface area contributed by atoms with E-state index in [2.05, 4.69) is 16.6 Å². The van der Waals surface area contributed by atoms with Gasteiger partial charge in [-0.2, -0.15) is 0 Å². The summed E-state index contributed by atoms with van der Waals surface area (Å²) >= 11 is 0. The number of carbonyl (C=O) groups excluding carboxylic acids is 3. The summed E-state index contributed by atoms with van der Waals surface area (Å²) in [5.74, 6) is -0.946. The first-order chi connectivity index (χ1) is 8.51. The number of nitrogens with zero attached hydrogens (tertiary/aromatic N) is 1. The quantitative estimate of drug-likeness (QED) is 0.432. The highest BCUT2D eigenvalue weighted by Gasteiger charge is 2.38. The summed E-state index contributed by atoms with van der Waals surface area (Å²) in [6.07, 6.45) is 1.83. The van der Waals surface area contributed by atoms with Crippen LogP contribution in [0.3, 0.4) is 0 Å². The third-order valence-corrected chi connectivity index (χ3v) is 2.84. The Morgan fingerprint density at radius 1 is 1.50 bits per heavy atom. The molecular weight excluding hydrogens is 236 g/mol. The van der Waals surface area contributed by atoms with Gasteiger partial charge in [-0.3, -0.25) is 10.1 Å². The average Bonchev–Trinajstić information content (AvgIpc) is 2.60. The minimum atomic E-state index is -0.657. The second-order valence-electron chi connectivity index (χ2n) is 4.16. The fraction of sp³-hybridized carbons (Fsp3) is 0.583. The van der Waals surface area contributed by atoms with Gasteiger partial charge < -0.3 is 9.64 Å². The molecule has 0 bridgehead atoms. The Labute approximate surface area is 106 Å². The number of imide groups is 1. The molecule has 0 aliphatic carbocycles. The van der Waals surface area contributed by atoms with Crippen LogP contribution in [0.2, 0.25) is 0 Å². The van der Waals surface area contributed by atoms with Crippen molar-refractivity contribution in [2.24, 2.45) is 0 Å². The number of ether oxygens (including phenoxy) is 1. The number of unbranched alkanes of at least 4 members (excludes halogenated alkanes) is 1. The predicted octanol–water partition coefficient (Wildman–Crippen LogP) is 0.826. The Morgan fingerprint density at radius 3 is 2.72 bits per heavy atom. The van der Waals surface area contributed by atoms with Crippen molar-refractivity contribution in [1.29, 1.82) is 0 Å². The van der Waals surface area contributed by atoms with Crippen molar-refractivity contribution in [1.82, 2.24) is 10.2 Å². The van der Waals surface area contributed by atoms with E-state index in [1.54, 1.807) is 0 Å². The third-order valence-electron chi connectivity index (χ3n) is 2.84. The summed E-state index contributed by atoms with van der Waals surface area (Å²) in [5, 5.41) is 2.24. The van der Waals surface area contributed by atoms with Crippen LogP contribution in [0.1, 0.15) is 26.2 Å². The van der Waals surface area contributed by atoms with E-state index in [0.717, 1.165) is 12.8 Å². The summed E-state index contributed by atoms with van der Waals surface area (Å²) < 4.78 is 4.53. The molecule has 0 aromatic heterocycles. The van der Waals surface area contributed by atoms with Crippen LogP contribution in [0.4, 0.5) is 4.79 Å². The van der Waals surface area contributed by atoms with E-state index < -0.39 is 18.0 Å². The van der Waals surface area contributed by atoms with E-state index in [4.69, 9.17) is 0 Å². The summed E-state index contributed by atoms with van der Waals surface area (Å²) in [4.78, 5) is 35.9. The molecule has 0 aromatic carbocycles. The van der Waals surface area contributed by atoms with E-state index in [1.165, 1.54) is 12.0 Å². The van der Waals surface area contributed by atoms with Gasteiger partial charge in [0.2, 0.25) is 0 Å². The highest BCUT2D eigenvalue weighted by molar-refractivity contribution is 6.05. The number of hydrogen-bond acceptors (Lipinski definition) is 4. The molecule has 1 unspecified atom stereocenters. The van der Waals surface area contributed by atoms with Crippen LogP contribution in [0, 0.1) is 0 Å². The van der Waals surface area contributed by atoms with Gasteiger partial charge in [-0.15, -0.1) is 0 Å². The Kier molecular flexibility index (Phi) is 4.88. The van der Waals surface area contributed by atoms with Crippen LogP contribution in [0.15, 0.2) is 12.2 Å². The lowest BCUT2D eigenvalue weighted by molar-refractivity contribution is -0.136. The van der Waals surface area contributed by atoms with Crippen molar-refractivity contribution in [2.45, 2.75) is 32.2 Å². The van der Waals surface area contributed by atoms with Crippen LogP contribution in [0.25, 0.3) is 0 Å². The Morgan fingerprint density at radius 2 is 2.17 bits per heavy atom. The highest BCUT2D eigenvalue weighted by atomic mass is 16.5. The Hall–Kier alpha value is -1.85. The number of hydrogen-bond donors (Lipinski definition) is 1. The van der Waals surface area contributed by atoms with Crippen molar-refractivity contribution >= 4 is 17.9 Å². The molecule has 100 valence electrons. The molecule has 18 heavy (non-hydrogen) atoms. The smallest absolute Gasteiger partial charge is 0.333 e. The first-order valence-electron chi connectivity index (χ1n) is 5.88. The second-order valence-corrected chi connectivity index (χ2v) is 4.16. The van der Waals surface area contributed by atoms with Crippen LogP contribution >= 0.6 is 0 Å². The number of methoxy groups -OCH3 is 1. The van der Waals surface area contributed by atoms with Crippen LogP contribution < -0.4 is 5.32 Å². The first kappa shape index (κ1) is 14.2. The molecule has 1 fully saturated rings. The van der Waals surface area contributed by atoms with E-state index in [0.29, 0.717) is 6.54 Å². The lowest BCUT2D eigenvalue weighted by atomic mass is 10.1. The summed E-state index contributed by atoms with van der Waals surface area (Å²) in [5.41, 5.74) is 0.189. The first-order valence-corrected chi connectivity index (χ1v) is 5.88. The summed E-state index contributed by atoms with van der Waals surface area (Å²) in [6, 6.07) is -1.06. The second kappa shape index (κ2) is 6.18. The number of urea groups is 1. The van der Waals surface area contributed by atoms with Crippen molar-refractivity contribution < 1.29 is 19.1 Å². The topological polar surface area (TPSA) is 75.7 Å². The van der Waals surface area contributed by atoms with Crippen molar-refractivity contribution in [3.8, 4) is 0 Å². The van der Waals surface area contributed by atoms with Crippen LogP contribution in [0.5, 0.6) is 0 Å². The molecule has 1 rings (SSSR count). The van der Waals surface area contributed by atoms with Gasteiger partial charge in [0.25, 0.3) is 5.91 Å². The van der Waals surface area contributed by atoms with E-state index in [9.17, 15) is 14.4 Å². The minimum absolute atomic E-state index is 0.105. The molecule has 0 spiro atoms. The van der Waals surface area contributed by atoms with E-state index in [-0.39, 0.29) is 17.9 Å². The fourth-order valence-corrected chi connectivity index (χ4v) is 1.79. The average molecular weight is 254 g/mol. The van der Waals surface area contributed by atoms with Crippen molar-refractivity contribution in [3.05, 3.63) is 12.2 Å². The molecule has 6 heteroatoms. The van der Waals surface area contributed by atoms with Gasteiger partial charge in [-0.05, 0) is 6.42 Å².